The predicted octanol–water partition coefficient (Wildman–Crippen LogP) is 2.88. The molecule has 0 aliphatic heterocycles. The van der Waals surface area contributed by atoms with Crippen LogP contribution in [0.1, 0.15) is 18.5 Å². The minimum atomic E-state index is 0.0845. The van der Waals surface area contributed by atoms with Gasteiger partial charge in [0.2, 0.25) is 0 Å². The largest absolute Gasteiger partial charge is 0.364 e. The Morgan fingerprint density at radius 3 is 2.06 bits per heavy atom. The monoisotopic (exact) mass is 216 g/mol. The molecule has 0 radical (unpaired) electrons. The SMILES string of the molecule is C=CCN(CC=C)c1ccc([C@@H](C)N)cc1. The minimum Gasteiger partial charge on any atom is -0.364 e. The van der Waals surface area contributed by atoms with Crippen LogP contribution >= 0.6 is 0 Å². The van der Waals surface area contributed by atoms with Crippen molar-refractivity contribution in [3.63, 3.8) is 0 Å². The van der Waals surface area contributed by atoms with Gasteiger partial charge in [-0.05, 0) is 24.6 Å². The number of benzene rings is 1. The maximum absolute atomic E-state index is 5.81. The van der Waals surface area contributed by atoms with Gasteiger partial charge in [0.25, 0.3) is 0 Å². The van der Waals surface area contributed by atoms with Gasteiger partial charge in [-0.1, -0.05) is 24.3 Å². The zero-order valence-electron chi connectivity index (χ0n) is 9.89. The number of nitrogens with two attached hydrogens (primary N) is 1. The first-order chi connectivity index (χ1) is 7.69. The molecule has 0 amide bonds. The van der Waals surface area contributed by atoms with Crippen LogP contribution in [-0.4, -0.2) is 13.1 Å². The first-order valence-corrected chi connectivity index (χ1v) is 5.51. The van der Waals surface area contributed by atoms with E-state index in [2.05, 4.69) is 42.3 Å². The van der Waals surface area contributed by atoms with Gasteiger partial charge in [-0.15, -0.1) is 13.2 Å². The number of hydrogen-bond donors (Lipinski definition) is 1. The molecule has 0 saturated carbocycles. The van der Waals surface area contributed by atoms with Crippen molar-refractivity contribution >= 4 is 5.69 Å². The summed E-state index contributed by atoms with van der Waals surface area (Å²) in [5, 5.41) is 0. The van der Waals surface area contributed by atoms with E-state index in [-0.39, 0.29) is 6.04 Å². The van der Waals surface area contributed by atoms with Gasteiger partial charge in [0.15, 0.2) is 0 Å². The maximum Gasteiger partial charge on any atom is 0.0372 e. The average molecular weight is 216 g/mol. The van der Waals surface area contributed by atoms with E-state index in [1.165, 1.54) is 5.69 Å². The zero-order chi connectivity index (χ0) is 12.0. The molecule has 0 bridgehead atoms. The Labute approximate surface area is 98.1 Å². The average Bonchev–Trinajstić information content (AvgIpc) is 2.29. The number of hydrogen-bond acceptors (Lipinski definition) is 2. The summed E-state index contributed by atoms with van der Waals surface area (Å²) in [5.74, 6) is 0. The molecular formula is C14H20N2. The summed E-state index contributed by atoms with van der Waals surface area (Å²) in [6.45, 7) is 11.1. The van der Waals surface area contributed by atoms with Crippen molar-refractivity contribution in [1.82, 2.24) is 0 Å². The molecule has 1 aromatic rings. The lowest BCUT2D eigenvalue weighted by molar-refractivity contribution is 0.817. The van der Waals surface area contributed by atoms with E-state index in [0.29, 0.717) is 0 Å². The van der Waals surface area contributed by atoms with Crippen molar-refractivity contribution in [3.05, 3.63) is 55.1 Å². The van der Waals surface area contributed by atoms with E-state index >= 15 is 0 Å². The van der Waals surface area contributed by atoms with Crippen molar-refractivity contribution < 1.29 is 0 Å². The molecule has 16 heavy (non-hydrogen) atoms. The molecule has 0 saturated heterocycles. The third kappa shape index (κ3) is 3.24. The van der Waals surface area contributed by atoms with Gasteiger partial charge < -0.3 is 10.6 Å². The van der Waals surface area contributed by atoms with Crippen LogP contribution < -0.4 is 10.6 Å². The fourth-order valence-corrected chi connectivity index (χ4v) is 1.59. The first kappa shape index (κ1) is 12.5. The van der Waals surface area contributed by atoms with E-state index in [1.54, 1.807) is 0 Å². The summed E-state index contributed by atoms with van der Waals surface area (Å²) in [5.41, 5.74) is 8.14. The molecule has 2 heteroatoms. The fraction of sp³-hybridized carbons (Fsp3) is 0.286. The summed E-state index contributed by atoms with van der Waals surface area (Å²) in [7, 11) is 0. The second-order valence-corrected chi connectivity index (χ2v) is 3.86. The van der Waals surface area contributed by atoms with Crippen LogP contribution in [0.3, 0.4) is 0 Å². The van der Waals surface area contributed by atoms with Gasteiger partial charge in [-0.25, -0.2) is 0 Å². The molecule has 1 atom stereocenters. The number of anilines is 1. The smallest absolute Gasteiger partial charge is 0.0372 e. The third-order valence-electron chi connectivity index (χ3n) is 2.48. The van der Waals surface area contributed by atoms with E-state index in [9.17, 15) is 0 Å². The Morgan fingerprint density at radius 2 is 1.69 bits per heavy atom. The highest BCUT2D eigenvalue weighted by Crippen LogP contribution is 2.18. The van der Waals surface area contributed by atoms with Gasteiger partial charge in [0.05, 0.1) is 0 Å². The van der Waals surface area contributed by atoms with Crippen LogP contribution in [0, 0.1) is 0 Å². The molecule has 2 nitrogen and oxygen atoms in total. The van der Waals surface area contributed by atoms with Crippen LogP contribution in [0.4, 0.5) is 5.69 Å². The summed E-state index contributed by atoms with van der Waals surface area (Å²) < 4.78 is 0. The second-order valence-electron chi connectivity index (χ2n) is 3.86. The molecule has 2 N–H and O–H groups in total. The quantitative estimate of drug-likeness (QED) is 0.741. The standard InChI is InChI=1S/C14H20N2/c1-4-10-16(11-5-2)14-8-6-13(7-9-14)12(3)15/h4-9,12H,1-2,10-11,15H2,3H3/t12-/m1/s1. The highest BCUT2D eigenvalue weighted by molar-refractivity contribution is 5.49. The highest BCUT2D eigenvalue weighted by atomic mass is 15.1. The third-order valence-corrected chi connectivity index (χ3v) is 2.48. The predicted molar refractivity (Wildman–Crippen MR) is 71.7 cm³/mol. The number of rotatable bonds is 6. The summed E-state index contributed by atoms with van der Waals surface area (Å²) in [4.78, 5) is 2.20. The molecule has 0 aliphatic rings. The van der Waals surface area contributed by atoms with Crippen LogP contribution in [0.2, 0.25) is 0 Å². The van der Waals surface area contributed by atoms with Crippen molar-refractivity contribution in [2.45, 2.75) is 13.0 Å². The topological polar surface area (TPSA) is 29.3 Å². The van der Waals surface area contributed by atoms with Crippen molar-refractivity contribution in [2.24, 2.45) is 5.73 Å². The minimum absolute atomic E-state index is 0.0845. The van der Waals surface area contributed by atoms with Gasteiger partial charge >= 0.3 is 0 Å². The summed E-state index contributed by atoms with van der Waals surface area (Å²) in [6.07, 6.45) is 3.78. The van der Waals surface area contributed by atoms with Crippen LogP contribution in [0.15, 0.2) is 49.6 Å². The maximum atomic E-state index is 5.81. The van der Waals surface area contributed by atoms with Gasteiger partial charge in [-0.2, -0.15) is 0 Å². The van der Waals surface area contributed by atoms with Crippen molar-refractivity contribution in [1.29, 1.82) is 0 Å². The molecule has 0 unspecified atom stereocenters. The van der Waals surface area contributed by atoms with Gasteiger partial charge in [0, 0.05) is 24.8 Å². The molecule has 86 valence electrons. The highest BCUT2D eigenvalue weighted by Gasteiger charge is 2.04. The lowest BCUT2D eigenvalue weighted by atomic mass is 10.1. The molecule has 0 aliphatic carbocycles. The summed E-state index contributed by atoms with van der Waals surface area (Å²) in [6, 6.07) is 8.40. The Bertz CT molecular complexity index is 328. The Kier molecular flexibility index (Phi) is 4.80. The van der Waals surface area contributed by atoms with Crippen molar-refractivity contribution in [2.75, 3.05) is 18.0 Å². The molecule has 0 heterocycles. The molecule has 0 fully saturated rings. The molecule has 0 spiro atoms. The molecule has 1 aromatic carbocycles. The van der Waals surface area contributed by atoms with Gasteiger partial charge in [-0.3, -0.25) is 0 Å². The normalized spacial score (nSPS) is 11.9. The second kappa shape index (κ2) is 6.13. The van der Waals surface area contributed by atoms with E-state index in [0.717, 1.165) is 18.7 Å². The fourth-order valence-electron chi connectivity index (χ4n) is 1.59. The first-order valence-electron chi connectivity index (χ1n) is 5.51. The lowest BCUT2D eigenvalue weighted by Crippen LogP contribution is -2.23. The Balaban J connectivity index is 2.84. The van der Waals surface area contributed by atoms with E-state index in [1.807, 2.05) is 19.1 Å². The van der Waals surface area contributed by atoms with Crippen LogP contribution in [-0.2, 0) is 0 Å². The van der Waals surface area contributed by atoms with Crippen LogP contribution in [0.25, 0.3) is 0 Å². The van der Waals surface area contributed by atoms with Gasteiger partial charge in [0.1, 0.15) is 0 Å². The Morgan fingerprint density at radius 1 is 1.19 bits per heavy atom. The molecule has 1 rings (SSSR count). The number of nitrogens with zero attached hydrogens (tertiary/aromatic N) is 1. The zero-order valence-corrected chi connectivity index (χ0v) is 9.89. The summed E-state index contributed by atoms with van der Waals surface area (Å²) >= 11 is 0. The Hall–Kier alpha value is -1.54. The van der Waals surface area contributed by atoms with E-state index < -0.39 is 0 Å². The van der Waals surface area contributed by atoms with E-state index in [4.69, 9.17) is 5.73 Å². The molecule has 0 aromatic heterocycles. The van der Waals surface area contributed by atoms with Crippen molar-refractivity contribution in [3.8, 4) is 0 Å². The van der Waals surface area contributed by atoms with Crippen LogP contribution in [0.5, 0.6) is 0 Å². The molecular weight excluding hydrogens is 196 g/mol. The lowest BCUT2D eigenvalue weighted by Gasteiger charge is -2.22.